The fourth-order valence-electron chi connectivity index (χ4n) is 4.19. The Morgan fingerprint density at radius 2 is 2.11 bits per heavy atom. The third-order valence-corrected chi connectivity index (χ3v) is 7.25. The van der Waals surface area contributed by atoms with Gasteiger partial charge in [-0.25, -0.2) is 9.37 Å². The molecule has 0 fully saturated rings. The summed E-state index contributed by atoms with van der Waals surface area (Å²) in [4.78, 5) is 6.21. The van der Waals surface area contributed by atoms with Gasteiger partial charge < -0.3 is 4.74 Å². The van der Waals surface area contributed by atoms with Crippen LogP contribution in [0.2, 0.25) is 5.02 Å². The Balaban J connectivity index is 1.65. The lowest BCUT2D eigenvalue weighted by Crippen LogP contribution is -2.22. The van der Waals surface area contributed by atoms with E-state index < -0.39 is 6.23 Å². The van der Waals surface area contributed by atoms with Crippen LogP contribution in [0, 0.1) is 5.82 Å². The molecule has 6 rings (SSSR count). The summed E-state index contributed by atoms with van der Waals surface area (Å²) >= 11 is 11.3. The van der Waals surface area contributed by atoms with E-state index in [1.54, 1.807) is 11.3 Å². The summed E-state index contributed by atoms with van der Waals surface area (Å²) in [6, 6.07) is 11.0. The van der Waals surface area contributed by atoms with Crippen LogP contribution in [0.3, 0.4) is 0 Å². The number of ether oxygens (including phenoxy) is 1. The van der Waals surface area contributed by atoms with Crippen LogP contribution >= 0.6 is 38.9 Å². The van der Waals surface area contributed by atoms with E-state index in [0.29, 0.717) is 20.8 Å². The van der Waals surface area contributed by atoms with Crippen LogP contribution in [-0.2, 0) is 12.8 Å². The highest BCUT2D eigenvalue weighted by Gasteiger charge is 2.34. The second kappa shape index (κ2) is 6.05. The number of fused-ring (bicyclic) bond motifs is 6. The zero-order valence-corrected chi connectivity index (χ0v) is 17.7. The van der Waals surface area contributed by atoms with Crippen LogP contribution < -0.4 is 4.74 Å². The summed E-state index contributed by atoms with van der Waals surface area (Å²) in [5.41, 5.74) is 3.38. The maximum atomic E-state index is 14.9. The molecule has 0 N–H and O–H groups in total. The van der Waals surface area contributed by atoms with Gasteiger partial charge in [-0.1, -0.05) is 27.5 Å². The molecule has 1 aliphatic heterocycles. The zero-order valence-electron chi connectivity index (χ0n) is 14.5. The molecule has 0 spiro atoms. The molecular weight excluding hydrogens is 463 g/mol. The first kappa shape index (κ1) is 17.0. The topological polar surface area (TPSA) is 27.1 Å². The van der Waals surface area contributed by atoms with Gasteiger partial charge >= 0.3 is 0 Å². The van der Waals surface area contributed by atoms with E-state index in [-0.39, 0.29) is 5.82 Å². The molecule has 0 bridgehead atoms. The van der Waals surface area contributed by atoms with Crippen molar-refractivity contribution >= 4 is 49.8 Å². The molecule has 0 saturated heterocycles. The molecule has 2 aromatic heterocycles. The summed E-state index contributed by atoms with van der Waals surface area (Å²) in [7, 11) is 0. The van der Waals surface area contributed by atoms with E-state index in [0.717, 1.165) is 40.9 Å². The molecule has 1 aliphatic carbocycles. The van der Waals surface area contributed by atoms with Gasteiger partial charge in [0.05, 0.1) is 22.5 Å². The highest BCUT2D eigenvalue weighted by Crippen LogP contribution is 2.47. The molecule has 3 heterocycles. The Kier molecular flexibility index (Phi) is 3.68. The fraction of sp³-hybridized carbons (Fsp3) is 0.190. The first-order valence-corrected chi connectivity index (χ1v) is 11.0. The number of aryl methyl sites for hydroxylation is 2. The normalized spacial score (nSPS) is 17.3. The third-order valence-electron chi connectivity index (χ3n) is 5.37. The molecule has 2 aliphatic rings. The average Bonchev–Trinajstić information content (AvgIpc) is 3.32. The van der Waals surface area contributed by atoms with Crippen molar-refractivity contribution in [3.05, 3.63) is 67.3 Å². The summed E-state index contributed by atoms with van der Waals surface area (Å²) in [6.07, 6.45) is 2.83. The van der Waals surface area contributed by atoms with Gasteiger partial charge in [0.1, 0.15) is 11.6 Å². The number of rotatable bonds is 1. The highest BCUT2D eigenvalue weighted by atomic mass is 79.9. The number of hydrogen-bond donors (Lipinski definition) is 0. The van der Waals surface area contributed by atoms with Crippen molar-refractivity contribution in [1.82, 2.24) is 9.55 Å². The summed E-state index contributed by atoms with van der Waals surface area (Å²) in [5.74, 6) is 0.202. The van der Waals surface area contributed by atoms with Gasteiger partial charge in [-0.05, 0) is 55.7 Å². The lowest BCUT2D eigenvalue weighted by atomic mass is 10.1. The summed E-state index contributed by atoms with van der Waals surface area (Å²) in [5, 5.41) is 2.51. The van der Waals surface area contributed by atoms with Gasteiger partial charge in [0.2, 0.25) is 6.23 Å². The molecule has 4 aromatic rings. The standard InChI is InChI=1S/C21H13BrClFN2OS/c22-11-8-13(24)19-16-7-10-6-12(23)4-5-15(10)26(16)21(27-17(19)9-11)20-25-14-2-1-3-18(14)28-20/h4-9,21H,1-3H2. The number of aromatic nitrogens is 2. The van der Waals surface area contributed by atoms with Crippen molar-refractivity contribution in [1.29, 1.82) is 0 Å². The molecule has 0 amide bonds. The van der Waals surface area contributed by atoms with Gasteiger partial charge in [-0.15, -0.1) is 11.3 Å². The fourth-order valence-corrected chi connectivity index (χ4v) is 5.96. The van der Waals surface area contributed by atoms with Crippen molar-refractivity contribution in [3.8, 4) is 17.0 Å². The van der Waals surface area contributed by atoms with Crippen LogP contribution in [0.15, 0.2) is 40.9 Å². The quantitative estimate of drug-likeness (QED) is 0.304. The number of nitrogens with zero attached hydrogens (tertiary/aromatic N) is 2. The zero-order chi connectivity index (χ0) is 19.0. The second-order valence-electron chi connectivity index (χ2n) is 7.11. The Morgan fingerprint density at radius 3 is 2.96 bits per heavy atom. The minimum atomic E-state index is -0.425. The molecule has 1 unspecified atom stereocenters. The lowest BCUT2D eigenvalue weighted by Gasteiger charge is -2.29. The van der Waals surface area contributed by atoms with Crippen LogP contribution in [0.4, 0.5) is 4.39 Å². The Morgan fingerprint density at radius 1 is 1.21 bits per heavy atom. The Labute approximate surface area is 177 Å². The molecule has 2 aromatic carbocycles. The van der Waals surface area contributed by atoms with Gasteiger partial charge in [-0.3, -0.25) is 4.57 Å². The Hall–Kier alpha value is -1.89. The van der Waals surface area contributed by atoms with E-state index in [1.165, 1.54) is 16.6 Å². The van der Waals surface area contributed by atoms with E-state index in [2.05, 4.69) is 15.9 Å². The summed E-state index contributed by atoms with van der Waals surface area (Å²) in [6.45, 7) is 0. The van der Waals surface area contributed by atoms with Crippen LogP contribution in [0.25, 0.3) is 22.2 Å². The van der Waals surface area contributed by atoms with Gasteiger partial charge in [-0.2, -0.15) is 0 Å². The second-order valence-corrected chi connectivity index (χ2v) is 9.58. The van der Waals surface area contributed by atoms with E-state index in [9.17, 15) is 4.39 Å². The van der Waals surface area contributed by atoms with Crippen molar-refractivity contribution in [2.75, 3.05) is 0 Å². The molecule has 140 valence electrons. The molecule has 0 radical (unpaired) electrons. The van der Waals surface area contributed by atoms with Crippen molar-refractivity contribution < 1.29 is 9.13 Å². The van der Waals surface area contributed by atoms with Crippen LogP contribution in [0.1, 0.15) is 28.2 Å². The molecule has 7 heteroatoms. The van der Waals surface area contributed by atoms with Crippen molar-refractivity contribution in [2.24, 2.45) is 0 Å². The first-order valence-electron chi connectivity index (χ1n) is 9.03. The Bertz CT molecular complexity index is 1260. The smallest absolute Gasteiger partial charge is 0.229 e. The monoisotopic (exact) mass is 474 g/mol. The third kappa shape index (κ3) is 2.41. The first-order chi connectivity index (χ1) is 13.6. The largest absolute Gasteiger partial charge is 0.462 e. The molecule has 0 saturated carbocycles. The van der Waals surface area contributed by atoms with Gasteiger partial charge in [0.25, 0.3) is 0 Å². The maximum Gasteiger partial charge on any atom is 0.229 e. The van der Waals surface area contributed by atoms with Crippen LogP contribution in [-0.4, -0.2) is 9.55 Å². The average molecular weight is 476 g/mol. The predicted octanol–water partition coefficient (Wildman–Crippen LogP) is 6.75. The number of thiazole rings is 1. The highest BCUT2D eigenvalue weighted by molar-refractivity contribution is 9.10. The molecule has 1 atom stereocenters. The van der Waals surface area contributed by atoms with E-state index in [4.69, 9.17) is 21.3 Å². The number of benzene rings is 2. The minimum absolute atomic E-state index is 0.320. The van der Waals surface area contributed by atoms with Gasteiger partial charge in [0, 0.05) is 19.8 Å². The summed E-state index contributed by atoms with van der Waals surface area (Å²) < 4.78 is 24.0. The van der Waals surface area contributed by atoms with E-state index >= 15 is 0 Å². The lowest BCUT2D eigenvalue weighted by molar-refractivity contribution is 0.171. The predicted molar refractivity (Wildman–Crippen MR) is 113 cm³/mol. The minimum Gasteiger partial charge on any atom is -0.462 e. The maximum absolute atomic E-state index is 14.9. The van der Waals surface area contributed by atoms with Crippen molar-refractivity contribution in [3.63, 3.8) is 0 Å². The van der Waals surface area contributed by atoms with E-state index in [1.807, 2.05) is 34.9 Å². The van der Waals surface area contributed by atoms with Crippen molar-refractivity contribution in [2.45, 2.75) is 25.5 Å². The molecular formula is C21H13BrClFN2OS. The molecule has 3 nitrogen and oxygen atoms in total. The van der Waals surface area contributed by atoms with Crippen LogP contribution in [0.5, 0.6) is 5.75 Å². The SMILES string of the molecule is Fc1cc(Br)cc2c1-c1cc3cc(Cl)ccc3n1C(c1nc3c(s1)CCC3)O2. The molecule has 28 heavy (non-hydrogen) atoms. The number of halogens is 3. The van der Waals surface area contributed by atoms with Gasteiger partial charge in [0.15, 0.2) is 5.01 Å². The number of hydrogen-bond acceptors (Lipinski definition) is 3.